The zero-order valence-corrected chi connectivity index (χ0v) is 18.9. The van der Waals surface area contributed by atoms with Crippen molar-refractivity contribution < 1.29 is 9.59 Å². The molecule has 0 atom stereocenters. The van der Waals surface area contributed by atoms with E-state index in [1.165, 1.54) is 29.7 Å². The van der Waals surface area contributed by atoms with Crippen molar-refractivity contribution in [1.82, 2.24) is 4.98 Å². The number of rotatable bonds is 5. The number of carbonyl (C=O) groups excluding carboxylic acids is 2. The van der Waals surface area contributed by atoms with Crippen molar-refractivity contribution in [2.45, 2.75) is 44.9 Å². The van der Waals surface area contributed by atoms with E-state index < -0.39 is 0 Å². The summed E-state index contributed by atoms with van der Waals surface area (Å²) in [4.78, 5) is 32.9. The van der Waals surface area contributed by atoms with E-state index in [1.807, 2.05) is 33.9 Å². The number of hydrogen-bond acceptors (Lipinski definition) is 5. The van der Waals surface area contributed by atoms with Crippen LogP contribution in [0.3, 0.4) is 0 Å². The number of thiazole rings is 1. The van der Waals surface area contributed by atoms with Gasteiger partial charge in [0.15, 0.2) is 5.13 Å². The van der Waals surface area contributed by atoms with Crippen LogP contribution in [0.2, 0.25) is 0 Å². The Morgan fingerprint density at radius 2 is 2.00 bits per heavy atom. The predicted molar refractivity (Wildman–Crippen MR) is 127 cm³/mol. The number of nitrogens with zero attached hydrogens (tertiary/aromatic N) is 2. The third kappa shape index (κ3) is 4.43. The summed E-state index contributed by atoms with van der Waals surface area (Å²) in [5.74, 6) is 0.454. The summed E-state index contributed by atoms with van der Waals surface area (Å²) >= 11 is 3.02. The monoisotopic (exact) mass is 451 g/mol. The van der Waals surface area contributed by atoms with Gasteiger partial charge in [-0.15, -0.1) is 22.7 Å². The molecule has 2 aliphatic rings. The van der Waals surface area contributed by atoms with Gasteiger partial charge in [-0.3, -0.25) is 9.59 Å². The van der Waals surface area contributed by atoms with E-state index in [0.717, 1.165) is 54.0 Å². The Morgan fingerprint density at radius 3 is 2.81 bits per heavy atom. The second kappa shape index (κ2) is 8.93. The molecule has 1 aliphatic heterocycles. The highest BCUT2D eigenvalue weighted by atomic mass is 32.1. The van der Waals surface area contributed by atoms with Crippen LogP contribution in [0.5, 0.6) is 0 Å². The van der Waals surface area contributed by atoms with Gasteiger partial charge in [-0.25, -0.2) is 4.98 Å². The van der Waals surface area contributed by atoms with Gasteiger partial charge in [0.05, 0.1) is 12.1 Å². The molecule has 7 heteroatoms. The fourth-order valence-electron chi connectivity index (χ4n) is 4.58. The van der Waals surface area contributed by atoms with Crippen LogP contribution < -0.4 is 10.2 Å². The number of thiophene rings is 1. The van der Waals surface area contributed by atoms with E-state index in [-0.39, 0.29) is 11.8 Å². The lowest BCUT2D eigenvalue weighted by Crippen LogP contribution is -2.39. The molecule has 1 saturated carbocycles. The van der Waals surface area contributed by atoms with E-state index >= 15 is 0 Å². The average Bonchev–Trinajstić information content (AvgIpc) is 3.55. The molecule has 0 bridgehead atoms. The third-order valence-electron chi connectivity index (χ3n) is 6.13. The summed E-state index contributed by atoms with van der Waals surface area (Å²) in [6.45, 7) is 0.818. The minimum absolute atomic E-state index is 0.0464. The van der Waals surface area contributed by atoms with Gasteiger partial charge in [0.1, 0.15) is 0 Å². The molecule has 0 radical (unpaired) electrons. The van der Waals surface area contributed by atoms with Gasteiger partial charge in [-0.1, -0.05) is 25.0 Å². The molecule has 1 aromatic carbocycles. The Bertz CT molecular complexity index is 1080. The fourth-order valence-corrected chi connectivity index (χ4v) is 6.02. The van der Waals surface area contributed by atoms with Crippen molar-refractivity contribution in [3.63, 3.8) is 0 Å². The molecule has 0 unspecified atom stereocenters. The predicted octanol–water partition coefficient (Wildman–Crippen LogP) is 5.52. The van der Waals surface area contributed by atoms with Crippen molar-refractivity contribution in [3.05, 3.63) is 51.5 Å². The zero-order valence-electron chi connectivity index (χ0n) is 17.3. The quantitative estimate of drug-likeness (QED) is 0.555. The van der Waals surface area contributed by atoms with Gasteiger partial charge in [0.2, 0.25) is 11.8 Å². The van der Waals surface area contributed by atoms with Crippen molar-refractivity contribution in [2.24, 2.45) is 5.92 Å². The lowest BCUT2D eigenvalue weighted by atomic mass is 9.96. The summed E-state index contributed by atoms with van der Waals surface area (Å²) in [6, 6.07) is 10.2. The number of fused-ring (bicyclic) bond motifs is 1. The number of anilines is 2. The topological polar surface area (TPSA) is 62.3 Å². The normalized spacial score (nSPS) is 16.3. The number of carbonyl (C=O) groups is 2. The standard InChI is InChI=1S/C24H25N3O2S2/c28-22(14-19-8-4-12-30-19)26-24-25-20(15-31-24)17-9-10-21-18(13-17)7-3-11-27(21)23(29)16-5-1-2-6-16/h4,8-10,12-13,15-16H,1-3,5-7,11,14H2,(H,25,26,28). The van der Waals surface area contributed by atoms with Crippen LogP contribution in [0.1, 0.15) is 42.5 Å². The molecular weight excluding hydrogens is 426 g/mol. The summed E-state index contributed by atoms with van der Waals surface area (Å²) in [6.07, 6.45) is 6.75. The molecule has 1 aliphatic carbocycles. The van der Waals surface area contributed by atoms with Crippen LogP contribution >= 0.6 is 22.7 Å². The highest BCUT2D eigenvalue weighted by molar-refractivity contribution is 7.14. The number of aromatic nitrogens is 1. The van der Waals surface area contributed by atoms with E-state index in [1.54, 1.807) is 11.3 Å². The number of benzene rings is 1. The molecule has 5 nitrogen and oxygen atoms in total. The summed E-state index contributed by atoms with van der Waals surface area (Å²) in [5, 5.41) is 7.48. The minimum Gasteiger partial charge on any atom is -0.312 e. The van der Waals surface area contributed by atoms with Crippen LogP contribution in [0.25, 0.3) is 11.3 Å². The second-order valence-corrected chi connectivity index (χ2v) is 10.2. The van der Waals surface area contributed by atoms with Gasteiger partial charge >= 0.3 is 0 Å². The van der Waals surface area contributed by atoms with Gasteiger partial charge in [-0.2, -0.15) is 0 Å². The van der Waals surface area contributed by atoms with Crippen molar-refractivity contribution in [2.75, 3.05) is 16.8 Å². The first kappa shape index (κ1) is 20.4. The van der Waals surface area contributed by atoms with E-state index in [4.69, 9.17) is 0 Å². The molecule has 2 amide bonds. The summed E-state index contributed by atoms with van der Waals surface area (Å²) in [7, 11) is 0. The van der Waals surface area contributed by atoms with Crippen LogP contribution in [0.4, 0.5) is 10.8 Å². The third-order valence-corrected chi connectivity index (χ3v) is 7.76. The Hall–Kier alpha value is -2.51. The molecule has 160 valence electrons. The van der Waals surface area contributed by atoms with E-state index in [9.17, 15) is 9.59 Å². The van der Waals surface area contributed by atoms with Crippen LogP contribution in [0, 0.1) is 5.92 Å². The molecule has 1 N–H and O–H groups in total. The molecular formula is C24H25N3O2S2. The Labute approximate surface area is 190 Å². The van der Waals surface area contributed by atoms with E-state index in [2.05, 4.69) is 22.4 Å². The van der Waals surface area contributed by atoms with Crippen molar-refractivity contribution in [1.29, 1.82) is 0 Å². The lowest BCUT2D eigenvalue weighted by Gasteiger charge is -2.31. The van der Waals surface area contributed by atoms with Gasteiger partial charge in [0, 0.05) is 34.0 Å². The van der Waals surface area contributed by atoms with Crippen LogP contribution in [-0.4, -0.2) is 23.3 Å². The molecule has 3 heterocycles. The number of amides is 2. The smallest absolute Gasteiger partial charge is 0.231 e. The largest absolute Gasteiger partial charge is 0.312 e. The minimum atomic E-state index is -0.0464. The Balaban J connectivity index is 1.30. The Kier molecular flexibility index (Phi) is 5.87. The van der Waals surface area contributed by atoms with Gasteiger partial charge in [0.25, 0.3) is 0 Å². The highest BCUT2D eigenvalue weighted by Crippen LogP contribution is 2.35. The SMILES string of the molecule is O=C(Cc1cccs1)Nc1nc(-c2ccc3c(c2)CCCN3C(=O)C2CCCC2)cs1. The van der Waals surface area contributed by atoms with E-state index in [0.29, 0.717) is 17.5 Å². The molecule has 5 rings (SSSR count). The summed E-state index contributed by atoms with van der Waals surface area (Å²) in [5.41, 5.74) is 4.17. The molecule has 31 heavy (non-hydrogen) atoms. The van der Waals surface area contributed by atoms with Gasteiger partial charge in [-0.05, 0) is 54.8 Å². The van der Waals surface area contributed by atoms with Crippen LogP contribution in [0.15, 0.2) is 41.1 Å². The van der Waals surface area contributed by atoms with Crippen molar-refractivity contribution >= 4 is 45.3 Å². The summed E-state index contributed by atoms with van der Waals surface area (Å²) < 4.78 is 0. The Morgan fingerprint density at radius 1 is 1.13 bits per heavy atom. The maximum atomic E-state index is 13.0. The molecule has 3 aromatic rings. The number of nitrogens with one attached hydrogen (secondary N) is 1. The van der Waals surface area contributed by atoms with Crippen LogP contribution in [-0.2, 0) is 22.4 Å². The molecule has 0 spiro atoms. The molecule has 1 fully saturated rings. The first-order valence-corrected chi connectivity index (χ1v) is 12.7. The number of hydrogen-bond donors (Lipinski definition) is 1. The van der Waals surface area contributed by atoms with Gasteiger partial charge < -0.3 is 10.2 Å². The number of aryl methyl sites for hydroxylation is 1. The lowest BCUT2D eigenvalue weighted by molar-refractivity contribution is -0.122. The first-order chi connectivity index (χ1) is 15.2. The molecule has 2 aromatic heterocycles. The zero-order chi connectivity index (χ0) is 21.2. The van der Waals surface area contributed by atoms with Crippen molar-refractivity contribution in [3.8, 4) is 11.3 Å². The maximum absolute atomic E-state index is 13.0. The first-order valence-electron chi connectivity index (χ1n) is 10.9. The fraction of sp³-hybridized carbons (Fsp3) is 0.375. The maximum Gasteiger partial charge on any atom is 0.231 e. The second-order valence-electron chi connectivity index (χ2n) is 8.26. The molecule has 0 saturated heterocycles. The highest BCUT2D eigenvalue weighted by Gasteiger charge is 2.30. The average molecular weight is 452 g/mol.